The SMILES string of the molecule is O=C(O)N1CCC(Cc2ccccc2)C1=O. The van der Waals surface area contributed by atoms with Gasteiger partial charge in [-0.1, -0.05) is 30.3 Å². The van der Waals surface area contributed by atoms with Crippen molar-refractivity contribution in [3.05, 3.63) is 35.9 Å². The minimum absolute atomic E-state index is 0.182. The maximum absolute atomic E-state index is 11.7. The lowest BCUT2D eigenvalue weighted by Crippen LogP contribution is -2.32. The normalized spacial score (nSPS) is 20.1. The summed E-state index contributed by atoms with van der Waals surface area (Å²) in [6, 6.07) is 9.67. The van der Waals surface area contributed by atoms with Gasteiger partial charge in [0.15, 0.2) is 0 Å². The van der Waals surface area contributed by atoms with Crippen LogP contribution in [0.1, 0.15) is 12.0 Å². The van der Waals surface area contributed by atoms with Gasteiger partial charge < -0.3 is 5.11 Å². The highest BCUT2D eigenvalue weighted by Crippen LogP contribution is 2.22. The number of benzene rings is 1. The van der Waals surface area contributed by atoms with Gasteiger partial charge in [-0.3, -0.25) is 4.79 Å². The Bertz CT molecular complexity index is 402. The number of carboxylic acid groups (broad SMARTS) is 1. The fourth-order valence-electron chi connectivity index (χ4n) is 2.02. The van der Waals surface area contributed by atoms with E-state index in [1.54, 1.807) is 0 Å². The highest BCUT2D eigenvalue weighted by molar-refractivity contribution is 5.94. The van der Waals surface area contributed by atoms with Gasteiger partial charge in [0.2, 0.25) is 5.91 Å². The van der Waals surface area contributed by atoms with Crippen molar-refractivity contribution in [1.29, 1.82) is 0 Å². The standard InChI is InChI=1S/C12H13NO3/c14-11-10(6-7-13(11)12(15)16)8-9-4-2-1-3-5-9/h1-5,10H,6-8H2,(H,15,16). The molecule has 84 valence electrons. The third-order valence-corrected chi connectivity index (χ3v) is 2.87. The van der Waals surface area contributed by atoms with Gasteiger partial charge in [-0.2, -0.15) is 0 Å². The molecule has 0 saturated carbocycles. The van der Waals surface area contributed by atoms with Crippen LogP contribution < -0.4 is 0 Å². The molecule has 1 N–H and O–H groups in total. The van der Waals surface area contributed by atoms with Crippen molar-refractivity contribution in [3.8, 4) is 0 Å². The average Bonchev–Trinajstić information content (AvgIpc) is 2.62. The Labute approximate surface area is 93.5 Å². The van der Waals surface area contributed by atoms with E-state index in [1.165, 1.54) is 0 Å². The molecule has 16 heavy (non-hydrogen) atoms. The van der Waals surface area contributed by atoms with E-state index in [-0.39, 0.29) is 11.8 Å². The molecule has 4 nitrogen and oxygen atoms in total. The summed E-state index contributed by atoms with van der Waals surface area (Å²) in [7, 11) is 0. The van der Waals surface area contributed by atoms with Crippen LogP contribution in [0.2, 0.25) is 0 Å². The quantitative estimate of drug-likeness (QED) is 0.824. The van der Waals surface area contributed by atoms with Crippen LogP contribution in [0.25, 0.3) is 0 Å². The van der Waals surface area contributed by atoms with Gasteiger partial charge in [0.05, 0.1) is 0 Å². The Morgan fingerprint density at radius 3 is 2.62 bits per heavy atom. The van der Waals surface area contributed by atoms with Gasteiger partial charge in [-0.25, -0.2) is 9.69 Å². The number of hydrogen-bond donors (Lipinski definition) is 1. The Morgan fingerprint density at radius 1 is 1.38 bits per heavy atom. The van der Waals surface area contributed by atoms with Crippen LogP contribution in [0, 0.1) is 5.92 Å². The zero-order valence-electron chi connectivity index (χ0n) is 8.80. The molecule has 4 heteroatoms. The first-order chi connectivity index (χ1) is 7.68. The third-order valence-electron chi connectivity index (χ3n) is 2.87. The summed E-state index contributed by atoms with van der Waals surface area (Å²) < 4.78 is 0. The topological polar surface area (TPSA) is 57.6 Å². The lowest BCUT2D eigenvalue weighted by molar-refractivity contribution is -0.129. The average molecular weight is 219 g/mol. The van der Waals surface area contributed by atoms with E-state index < -0.39 is 6.09 Å². The lowest BCUT2D eigenvalue weighted by atomic mass is 9.98. The predicted octanol–water partition coefficient (Wildman–Crippen LogP) is 1.76. The summed E-state index contributed by atoms with van der Waals surface area (Å²) in [5.41, 5.74) is 1.08. The van der Waals surface area contributed by atoms with Crippen molar-refractivity contribution in [1.82, 2.24) is 4.90 Å². The van der Waals surface area contributed by atoms with Gasteiger partial charge >= 0.3 is 6.09 Å². The second-order valence-corrected chi connectivity index (χ2v) is 3.95. The molecule has 1 saturated heterocycles. The van der Waals surface area contributed by atoms with Crippen LogP contribution >= 0.6 is 0 Å². The van der Waals surface area contributed by atoms with Crippen LogP contribution in [0.15, 0.2) is 30.3 Å². The molecule has 0 spiro atoms. The summed E-state index contributed by atoms with van der Waals surface area (Å²) in [6.07, 6.45) is 0.115. The molecular weight excluding hydrogens is 206 g/mol. The lowest BCUT2D eigenvalue weighted by Gasteiger charge is -2.10. The minimum Gasteiger partial charge on any atom is -0.465 e. The molecule has 1 fully saturated rings. The molecule has 1 atom stereocenters. The Kier molecular flexibility index (Phi) is 2.90. The van der Waals surface area contributed by atoms with E-state index in [2.05, 4.69) is 0 Å². The van der Waals surface area contributed by atoms with Crippen molar-refractivity contribution in [2.75, 3.05) is 6.54 Å². The summed E-state index contributed by atoms with van der Waals surface area (Å²) in [5.74, 6) is -0.449. The van der Waals surface area contributed by atoms with Crippen molar-refractivity contribution in [2.45, 2.75) is 12.8 Å². The van der Waals surface area contributed by atoms with E-state index in [1.807, 2.05) is 30.3 Å². The van der Waals surface area contributed by atoms with E-state index in [0.717, 1.165) is 10.5 Å². The summed E-state index contributed by atoms with van der Waals surface area (Å²) >= 11 is 0. The maximum atomic E-state index is 11.7. The molecule has 1 unspecified atom stereocenters. The smallest absolute Gasteiger partial charge is 0.414 e. The Hall–Kier alpha value is -1.84. The van der Waals surface area contributed by atoms with Crippen LogP contribution in [0.4, 0.5) is 4.79 Å². The second-order valence-electron chi connectivity index (χ2n) is 3.95. The van der Waals surface area contributed by atoms with E-state index >= 15 is 0 Å². The Morgan fingerprint density at radius 2 is 2.06 bits per heavy atom. The molecule has 1 aromatic carbocycles. The summed E-state index contributed by atoms with van der Waals surface area (Å²) in [4.78, 5) is 23.3. The molecule has 0 aliphatic carbocycles. The fraction of sp³-hybridized carbons (Fsp3) is 0.333. The van der Waals surface area contributed by atoms with Crippen molar-refractivity contribution >= 4 is 12.0 Å². The first kappa shape index (κ1) is 10.7. The van der Waals surface area contributed by atoms with E-state index in [4.69, 9.17) is 5.11 Å². The third kappa shape index (κ3) is 2.05. The van der Waals surface area contributed by atoms with Crippen LogP contribution in [-0.4, -0.2) is 28.6 Å². The van der Waals surface area contributed by atoms with Gasteiger partial charge in [0.25, 0.3) is 0 Å². The van der Waals surface area contributed by atoms with Crippen LogP contribution in [0.3, 0.4) is 0 Å². The number of rotatable bonds is 2. The summed E-state index contributed by atoms with van der Waals surface area (Å²) in [5, 5.41) is 8.77. The van der Waals surface area contributed by atoms with Crippen molar-refractivity contribution in [2.24, 2.45) is 5.92 Å². The highest BCUT2D eigenvalue weighted by Gasteiger charge is 2.35. The second kappa shape index (κ2) is 4.35. The molecule has 0 radical (unpaired) electrons. The van der Waals surface area contributed by atoms with Crippen molar-refractivity contribution in [3.63, 3.8) is 0 Å². The van der Waals surface area contributed by atoms with Gasteiger partial charge in [0.1, 0.15) is 0 Å². The van der Waals surface area contributed by atoms with Gasteiger partial charge in [-0.15, -0.1) is 0 Å². The van der Waals surface area contributed by atoms with Crippen LogP contribution in [-0.2, 0) is 11.2 Å². The fourth-order valence-corrected chi connectivity index (χ4v) is 2.02. The number of nitrogens with zero attached hydrogens (tertiary/aromatic N) is 1. The molecule has 1 aliphatic heterocycles. The molecule has 1 heterocycles. The van der Waals surface area contributed by atoms with Gasteiger partial charge in [-0.05, 0) is 18.4 Å². The first-order valence-electron chi connectivity index (χ1n) is 5.26. The first-order valence-corrected chi connectivity index (χ1v) is 5.26. The predicted molar refractivity (Wildman–Crippen MR) is 58.0 cm³/mol. The Balaban J connectivity index is 2.03. The molecular formula is C12H13NO3. The van der Waals surface area contributed by atoms with E-state index in [0.29, 0.717) is 19.4 Å². The van der Waals surface area contributed by atoms with E-state index in [9.17, 15) is 9.59 Å². The van der Waals surface area contributed by atoms with Crippen LogP contribution in [0.5, 0.6) is 0 Å². The number of imide groups is 1. The molecule has 0 aromatic heterocycles. The number of carbonyl (C=O) groups excluding carboxylic acids is 1. The molecule has 0 bridgehead atoms. The van der Waals surface area contributed by atoms with Gasteiger partial charge in [0, 0.05) is 12.5 Å². The molecule has 2 amide bonds. The number of carbonyl (C=O) groups is 2. The van der Waals surface area contributed by atoms with Crippen molar-refractivity contribution < 1.29 is 14.7 Å². The minimum atomic E-state index is -1.14. The highest BCUT2D eigenvalue weighted by atomic mass is 16.4. The largest absolute Gasteiger partial charge is 0.465 e. The maximum Gasteiger partial charge on any atom is 0.414 e. The number of hydrogen-bond acceptors (Lipinski definition) is 2. The zero-order valence-corrected chi connectivity index (χ0v) is 8.80. The molecule has 2 rings (SSSR count). The molecule has 1 aromatic rings. The molecule has 1 aliphatic rings. The number of likely N-dealkylation sites (tertiary alicyclic amines) is 1. The number of amides is 2. The monoisotopic (exact) mass is 219 g/mol. The summed E-state index contributed by atoms with van der Waals surface area (Å²) in [6.45, 7) is 0.325. The zero-order chi connectivity index (χ0) is 11.5.